The van der Waals surface area contributed by atoms with E-state index in [-0.39, 0.29) is 19.0 Å². The summed E-state index contributed by atoms with van der Waals surface area (Å²) in [4.78, 5) is 23.3. The van der Waals surface area contributed by atoms with Crippen molar-refractivity contribution < 1.29 is 14.7 Å². The smallest absolute Gasteiger partial charge is 0.321 e. The number of nitrogens with zero attached hydrogens (tertiary/aromatic N) is 3. The fourth-order valence-corrected chi connectivity index (χ4v) is 1.18. The Morgan fingerprint density at radius 3 is 2.82 bits per heavy atom. The zero-order valence-electron chi connectivity index (χ0n) is 9.88. The third kappa shape index (κ3) is 4.13. The van der Waals surface area contributed by atoms with Crippen LogP contribution in [0.5, 0.6) is 0 Å². The molecule has 2 amide bonds. The molecule has 7 nitrogen and oxygen atoms in total. The van der Waals surface area contributed by atoms with Gasteiger partial charge >= 0.3 is 12.0 Å². The van der Waals surface area contributed by atoms with Crippen molar-refractivity contribution in [2.45, 2.75) is 19.9 Å². The molecule has 0 aliphatic heterocycles. The van der Waals surface area contributed by atoms with Crippen LogP contribution < -0.4 is 5.32 Å². The first-order chi connectivity index (χ1) is 8.02. The average Bonchev–Trinajstić information content (AvgIpc) is 2.73. The summed E-state index contributed by atoms with van der Waals surface area (Å²) in [6, 6.07) is -0.345. The lowest BCUT2D eigenvalue weighted by Crippen LogP contribution is -2.32. The summed E-state index contributed by atoms with van der Waals surface area (Å²) < 4.78 is 1.69. The minimum absolute atomic E-state index is 0.0713. The van der Waals surface area contributed by atoms with Crippen molar-refractivity contribution in [1.29, 1.82) is 0 Å². The van der Waals surface area contributed by atoms with Crippen molar-refractivity contribution in [2.24, 2.45) is 0 Å². The molecule has 0 spiro atoms. The highest BCUT2D eigenvalue weighted by atomic mass is 16.4. The van der Waals surface area contributed by atoms with Gasteiger partial charge in [-0.1, -0.05) is 0 Å². The maximum Gasteiger partial charge on any atom is 0.321 e. The summed E-state index contributed by atoms with van der Waals surface area (Å²) in [5.74, 6) is -0.927. The van der Waals surface area contributed by atoms with Gasteiger partial charge in [0.1, 0.15) is 0 Å². The van der Waals surface area contributed by atoms with Crippen LogP contribution >= 0.6 is 0 Å². The fraction of sp³-hybridized carbons (Fsp3) is 0.500. The number of nitrogens with one attached hydrogen (secondary N) is 1. The summed E-state index contributed by atoms with van der Waals surface area (Å²) in [6.07, 6.45) is 3.19. The topological polar surface area (TPSA) is 87.5 Å². The Hall–Kier alpha value is -2.05. The summed E-state index contributed by atoms with van der Waals surface area (Å²) in [5, 5.41) is 15.1. The van der Waals surface area contributed by atoms with Gasteiger partial charge in [0.05, 0.1) is 18.3 Å². The van der Waals surface area contributed by atoms with Crippen LogP contribution in [0.15, 0.2) is 12.4 Å². The first kappa shape index (κ1) is 13.0. The van der Waals surface area contributed by atoms with E-state index in [4.69, 9.17) is 5.11 Å². The zero-order valence-corrected chi connectivity index (χ0v) is 9.88. The molecule has 0 saturated heterocycles. The molecule has 0 aliphatic rings. The van der Waals surface area contributed by atoms with Gasteiger partial charge in [-0.2, -0.15) is 5.10 Å². The van der Waals surface area contributed by atoms with E-state index in [0.717, 1.165) is 6.54 Å². The Bertz CT molecular complexity index is 402. The average molecular weight is 240 g/mol. The van der Waals surface area contributed by atoms with Gasteiger partial charge < -0.3 is 15.3 Å². The second-order valence-electron chi connectivity index (χ2n) is 3.58. The molecule has 94 valence electrons. The number of aryl methyl sites for hydroxylation is 1. The van der Waals surface area contributed by atoms with Crippen molar-refractivity contribution in [3.05, 3.63) is 12.4 Å². The van der Waals surface area contributed by atoms with Crippen molar-refractivity contribution in [3.8, 4) is 0 Å². The molecule has 17 heavy (non-hydrogen) atoms. The van der Waals surface area contributed by atoms with Gasteiger partial charge in [0.25, 0.3) is 0 Å². The van der Waals surface area contributed by atoms with E-state index < -0.39 is 5.97 Å². The maximum atomic E-state index is 11.6. The second kappa shape index (κ2) is 5.88. The molecular formula is C10H16N4O3. The third-order valence-electron chi connectivity index (χ3n) is 2.22. The van der Waals surface area contributed by atoms with Crippen LogP contribution in [-0.2, 0) is 11.3 Å². The lowest BCUT2D eigenvalue weighted by atomic mass is 10.4. The Balaban J connectivity index is 2.45. The van der Waals surface area contributed by atoms with Gasteiger partial charge in [-0.3, -0.25) is 9.48 Å². The number of carbonyl (C=O) groups excluding carboxylic acids is 1. The quantitative estimate of drug-likeness (QED) is 0.798. The minimum Gasteiger partial charge on any atom is -0.481 e. The Morgan fingerprint density at radius 2 is 2.29 bits per heavy atom. The Labute approximate surface area is 99.0 Å². The van der Waals surface area contributed by atoms with Gasteiger partial charge in [0.15, 0.2) is 0 Å². The number of aromatic nitrogens is 2. The monoisotopic (exact) mass is 240 g/mol. The molecule has 2 N–H and O–H groups in total. The molecule has 0 radical (unpaired) electrons. The third-order valence-corrected chi connectivity index (χ3v) is 2.22. The molecule has 0 saturated carbocycles. The fourth-order valence-electron chi connectivity index (χ4n) is 1.18. The number of rotatable bonds is 5. The lowest BCUT2D eigenvalue weighted by Gasteiger charge is -2.15. The van der Waals surface area contributed by atoms with Crippen LogP contribution in [0.1, 0.15) is 13.3 Å². The summed E-state index contributed by atoms with van der Waals surface area (Å²) in [5.41, 5.74) is 0.596. The van der Waals surface area contributed by atoms with Gasteiger partial charge in [-0.15, -0.1) is 0 Å². The molecule has 0 aromatic carbocycles. The predicted molar refractivity (Wildman–Crippen MR) is 61.8 cm³/mol. The maximum absolute atomic E-state index is 11.6. The zero-order chi connectivity index (χ0) is 12.8. The van der Waals surface area contributed by atoms with E-state index in [0.29, 0.717) is 5.69 Å². The molecule has 7 heteroatoms. The first-order valence-electron chi connectivity index (χ1n) is 5.29. The van der Waals surface area contributed by atoms with Crippen molar-refractivity contribution in [1.82, 2.24) is 14.7 Å². The number of carboxylic acid groups (broad SMARTS) is 1. The first-order valence-corrected chi connectivity index (χ1v) is 5.29. The molecule has 1 aromatic rings. The highest BCUT2D eigenvalue weighted by Crippen LogP contribution is 2.05. The van der Waals surface area contributed by atoms with Gasteiger partial charge in [0, 0.05) is 26.3 Å². The number of aliphatic carboxylic acids is 1. The van der Waals surface area contributed by atoms with Gasteiger partial charge in [-0.25, -0.2) is 4.79 Å². The molecule has 1 heterocycles. The predicted octanol–water partition coefficient (Wildman–Crippen LogP) is 0.841. The van der Waals surface area contributed by atoms with E-state index in [9.17, 15) is 9.59 Å². The number of hydrogen-bond acceptors (Lipinski definition) is 3. The van der Waals surface area contributed by atoms with Crippen LogP contribution in [0.25, 0.3) is 0 Å². The van der Waals surface area contributed by atoms with Crippen molar-refractivity contribution >= 4 is 17.7 Å². The minimum atomic E-state index is -0.927. The molecule has 0 atom stereocenters. The molecule has 1 rings (SSSR count). The van der Waals surface area contributed by atoms with E-state index in [2.05, 4.69) is 10.4 Å². The van der Waals surface area contributed by atoms with Crippen LogP contribution in [0.4, 0.5) is 10.5 Å². The number of urea groups is 1. The summed E-state index contributed by atoms with van der Waals surface area (Å²) >= 11 is 0. The highest BCUT2D eigenvalue weighted by Gasteiger charge is 2.10. The Morgan fingerprint density at radius 1 is 1.59 bits per heavy atom. The number of carbonyl (C=O) groups is 2. The molecule has 0 unspecified atom stereocenters. The number of carboxylic acids is 1. The standard InChI is InChI=1S/C10H16N4O3/c1-3-14-7-8(6-11-14)12-10(17)13(2)5-4-9(15)16/h6-7H,3-5H2,1-2H3,(H,12,17)(H,15,16). The van der Waals surface area contributed by atoms with Crippen LogP contribution in [-0.4, -0.2) is 45.4 Å². The normalized spacial score (nSPS) is 10.0. The van der Waals surface area contributed by atoms with Crippen LogP contribution in [0.2, 0.25) is 0 Å². The van der Waals surface area contributed by atoms with Gasteiger partial charge in [-0.05, 0) is 6.92 Å². The number of hydrogen-bond donors (Lipinski definition) is 2. The van der Waals surface area contributed by atoms with Crippen LogP contribution in [0, 0.1) is 0 Å². The summed E-state index contributed by atoms with van der Waals surface area (Å²) in [7, 11) is 1.54. The lowest BCUT2D eigenvalue weighted by molar-refractivity contribution is -0.137. The van der Waals surface area contributed by atoms with E-state index in [1.165, 1.54) is 4.90 Å². The number of amides is 2. The molecule has 0 bridgehead atoms. The largest absolute Gasteiger partial charge is 0.481 e. The molecular weight excluding hydrogens is 224 g/mol. The SMILES string of the molecule is CCn1cc(NC(=O)N(C)CCC(=O)O)cn1. The number of anilines is 1. The Kier molecular flexibility index (Phi) is 4.50. The van der Waals surface area contributed by atoms with Gasteiger partial charge in [0.2, 0.25) is 0 Å². The second-order valence-corrected chi connectivity index (χ2v) is 3.58. The van der Waals surface area contributed by atoms with E-state index >= 15 is 0 Å². The molecule has 0 fully saturated rings. The van der Waals surface area contributed by atoms with Crippen molar-refractivity contribution in [3.63, 3.8) is 0 Å². The van der Waals surface area contributed by atoms with Crippen LogP contribution in [0.3, 0.4) is 0 Å². The summed E-state index contributed by atoms with van der Waals surface area (Å²) in [6.45, 7) is 2.84. The van der Waals surface area contributed by atoms with E-state index in [1.54, 1.807) is 24.1 Å². The highest BCUT2D eigenvalue weighted by molar-refractivity contribution is 5.89. The molecule has 1 aromatic heterocycles. The molecule has 0 aliphatic carbocycles. The van der Waals surface area contributed by atoms with Crippen molar-refractivity contribution in [2.75, 3.05) is 18.9 Å². The van der Waals surface area contributed by atoms with E-state index in [1.807, 2.05) is 6.92 Å².